The van der Waals surface area contributed by atoms with E-state index in [0.717, 1.165) is 47.9 Å². The molecule has 1 saturated heterocycles. The van der Waals surface area contributed by atoms with Gasteiger partial charge < -0.3 is 10.0 Å². The molecule has 2 aromatic rings. The van der Waals surface area contributed by atoms with Crippen LogP contribution in [-0.2, 0) is 0 Å². The van der Waals surface area contributed by atoms with Gasteiger partial charge in [-0.25, -0.2) is 4.98 Å². The van der Waals surface area contributed by atoms with Crippen LogP contribution in [0.1, 0.15) is 25.7 Å². The smallest absolute Gasteiger partial charge is 0.210 e. The number of piperazine rings is 1. The second-order valence-corrected chi connectivity index (χ2v) is 7.21. The van der Waals surface area contributed by atoms with E-state index in [4.69, 9.17) is 0 Å². The fourth-order valence-electron chi connectivity index (χ4n) is 3.52. The molecule has 0 spiro atoms. The Kier molecular flexibility index (Phi) is 4.13. The molecular weight excluding hydrogens is 310 g/mol. The summed E-state index contributed by atoms with van der Waals surface area (Å²) in [6.45, 7) is 4.30. The quantitative estimate of drug-likeness (QED) is 0.931. The lowest BCUT2D eigenvalue weighted by Gasteiger charge is -2.37. The third-order valence-electron chi connectivity index (χ3n) is 4.84. The number of hydrogen-bond acceptors (Lipinski definition) is 7. The number of pyridine rings is 1. The third kappa shape index (κ3) is 3.16. The summed E-state index contributed by atoms with van der Waals surface area (Å²) in [4.78, 5) is 8.89. The topological polar surface area (TPSA) is 65.4 Å². The largest absolute Gasteiger partial charge is 0.493 e. The van der Waals surface area contributed by atoms with Gasteiger partial charge in [-0.05, 0) is 18.9 Å². The van der Waals surface area contributed by atoms with E-state index in [9.17, 15) is 5.11 Å². The van der Waals surface area contributed by atoms with Gasteiger partial charge in [-0.3, -0.25) is 4.90 Å². The Morgan fingerprint density at radius 1 is 1.04 bits per heavy atom. The van der Waals surface area contributed by atoms with Crippen molar-refractivity contribution in [2.24, 2.45) is 0 Å². The summed E-state index contributed by atoms with van der Waals surface area (Å²) >= 11 is 1.60. The molecule has 6 nitrogen and oxygen atoms in total. The first-order valence-electron chi connectivity index (χ1n) is 8.27. The summed E-state index contributed by atoms with van der Waals surface area (Å²) in [6, 6.07) is 4.21. The van der Waals surface area contributed by atoms with E-state index < -0.39 is 0 Å². The highest BCUT2D eigenvalue weighted by Crippen LogP contribution is 2.30. The Morgan fingerprint density at radius 3 is 2.52 bits per heavy atom. The lowest BCUT2D eigenvalue weighted by molar-refractivity contribution is 0.187. The Morgan fingerprint density at radius 2 is 1.83 bits per heavy atom. The minimum atomic E-state index is 0.0292. The van der Waals surface area contributed by atoms with E-state index in [2.05, 4.69) is 25.0 Å². The average Bonchev–Trinajstić information content (AvgIpc) is 3.28. The molecule has 122 valence electrons. The van der Waals surface area contributed by atoms with Crippen molar-refractivity contribution < 1.29 is 5.11 Å². The molecule has 7 heteroatoms. The highest BCUT2D eigenvalue weighted by molar-refractivity contribution is 7.18. The maximum atomic E-state index is 9.27. The molecule has 4 rings (SSSR count). The van der Waals surface area contributed by atoms with Crippen LogP contribution in [0.25, 0.3) is 10.6 Å². The van der Waals surface area contributed by atoms with E-state index in [1.807, 2.05) is 6.07 Å². The predicted octanol–water partition coefficient (Wildman–Crippen LogP) is 2.37. The van der Waals surface area contributed by atoms with Crippen molar-refractivity contribution in [2.75, 3.05) is 31.1 Å². The van der Waals surface area contributed by atoms with E-state index in [1.165, 1.54) is 25.7 Å². The number of nitrogens with zero attached hydrogens (tertiary/aromatic N) is 5. The van der Waals surface area contributed by atoms with Gasteiger partial charge >= 0.3 is 0 Å². The summed E-state index contributed by atoms with van der Waals surface area (Å²) in [6.07, 6.45) is 7.17. The van der Waals surface area contributed by atoms with Crippen LogP contribution >= 0.6 is 11.3 Å². The van der Waals surface area contributed by atoms with Gasteiger partial charge in [0.05, 0.1) is 0 Å². The fourth-order valence-corrected chi connectivity index (χ4v) is 4.41. The van der Waals surface area contributed by atoms with Crippen molar-refractivity contribution in [1.29, 1.82) is 0 Å². The predicted molar refractivity (Wildman–Crippen MR) is 90.8 cm³/mol. The highest BCUT2D eigenvalue weighted by atomic mass is 32.1. The Balaban J connectivity index is 1.40. The first kappa shape index (κ1) is 14.8. The van der Waals surface area contributed by atoms with Gasteiger partial charge in [0.25, 0.3) is 0 Å². The molecule has 2 aliphatic rings. The molecule has 0 bridgehead atoms. The maximum absolute atomic E-state index is 9.27. The average molecular weight is 331 g/mol. The Hall–Kier alpha value is -1.73. The molecule has 2 aromatic heterocycles. The standard InChI is InChI=1S/C16H21N5OS/c22-14-6-5-12(11-17-14)15-18-19-16(23-15)21-9-7-20(8-10-21)13-3-1-2-4-13/h5-6,11,13H,1-4,7-10H2,(H,17,22). The van der Waals surface area contributed by atoms with Crippen LogP contribution in [0.15, 0.2) is 18.3 Å². The van der Waals surface area contributed by atoms with Gasteiger partial charge in [0, 0.05) is 50.0 Å². The lowest BCUT2D eigenvalue weighted by Crippen LogP contribution is -2.49. The number of anilines is 1. The number of rotatable bonds is 3. The summed E-state index contributed by atoms with van der Waals surface area (Å²) in [5.41, 5.74) is 0.899. The zero-order valence-corrected chi connectivity index (χ0v) is 13.9. The molecule has 1 saturated carbocycles. The Labute approximate surface area is 139 Å². The van der Waals surface area contributed by atoms with Gasteiger partial charge in [-0.2, -0.15) is 0 Å². The van der Waals surface area contributed by atoms with E-state index >= 15 is 0 Å². The SMILES string of the molecule is Oc1ccc(-c2nnc(N3CCN(C4CCCC4)CC3)s2)cn1. The molecular formula is C16H21N5OS. The van der Waals surface area contributed by atoms with Crippen molar-refractivity contribution in [2.45, 2.75) is 31.7 Å². The number of aromatic nitrogens is 3. The van der Waals surface area contributed by atoms with Gasteiger partial charge in [0.2, 0.25) is 11.0 Å². The molecule has 1 aliphatic carbocycles. The molecule has 1 N–H and O–H groups in total. The molecule has 0 radical (unpaired) electrons. The molecule has 0 atom stereocenters. The molecule has 2 fully saturated rings. The second-order valence-electron chi connectivity index (χ2n) is 6.26. The fraction of sp³-hybridized carbons (Fsp3) is 0.562. The molecule has 3 heterocycles. The zero-order chi connectivity index (χ0) is 15.6. The summed E-state index contributed by atoms with van der Waals surface area (Å²) < 4.78 is 0. The van der Waals surface area contributed by atoms with Crippen LogP contribution in [0.4, 0.5) is 5.13 Å². The van der Waals surface area contributed by atoms with Crippen LogP contribution in [0.5, 0.6) is 5.88 Å². The van der Waals surface area contributed by atoms with Crippen molar-refractivity contribution in [3.63, 3.8) is 0 Å². The summed E-state index contributed by atoms with van der Waals surface area (Å²) in [7, 11) is 0. The second kappa shape index (κ2) is 6.41. The minimum Gasteiger partial charge on any atom is -0.493 e. The van der Waals surface area contributed by atoms with Crippen LogP contribution in [0, 0.1) is 0 Å². The van der Waals surface area contributed by atoms with Crippen LogP contribution in [0.2, 0.25) is 0 Å². The van der Waals surface area contributed by atoms with Crippen molar-refractivity contribution in [3.05, 3.63) is 18.3 Å². The molecule has 0 aromatic carbocycles. The highest BCUT2D eigenvalue weighted by Gasteiger charge is 2.27. The number of aromatic hydroxyl groups is 1. The van der Waals surface area contributed by atoms with Gasteiger partial charge in [-0.15, -0.1) is 10.2 Å². The van der Waals surface area contributed by atoms with Crippen molar-refractivity contribution in [3.8, 4) is 16.5 Å². The van der Waals surface area contributed by atoms with E-state index in [1.54, 1.807) is 23.6 Å². The third-order valence-corrected chi connectivity index (χ3v) is 5.87. The minimum absolute atomic E-state index is 0.0292. The monoisotopic (exact) mass is 331 g/mol. The van der Waals surface area contributed by atoms with E-state index in [0.29, 0.717) is 0 Å². The lowest BCUT2D eigenvalue weighted by atomic mass is 10.2. The Bertz CT molecular complexity index is 645. The number of hydrogen-bond donors (Lipinski definition) is 1. The van der Waals surface area contributed by atoms with Crippen LogP contribution < -0.4 is 4.90 Å². The molecule has 1 aliphatic heterocycles. The first-order valence-corrected chi connectivity index (χ1v) is 9.09. The summed E-state index contributed by atoms with van der Waals surface area (Å²) in [5.74, 6) is 0.0292. The zero-order valence-electron chi connectivity index (χ0n) is 13.1. The molecule has 0 unspecified atom stereocenters. The maximum Gasteiger partial charge on any atom is 0.210 e. The first-order chi connectivity index (χ1) is 11.3. The van der Waals surface area contributed by atoms with Crippen LogP contribution in [-0.4, -0.2) is 57.4 Å². The van der Waals surface area contributed by atoms with Gasteiger partial charge in [0.1, 0.15) is 0 Å². The molecule has 23 heavy (non-hydrogen) atoms. The van der Waals surface area contributed by atoms with Gasteiger partial charge in [0.15, 0.2) is 5.01 Å². The van der Waals surface area contributed by atoms with Crippen molar-refractivity contribution in [1.82, 2.24) is 20.1 Å². The van der Waals surface area contributed by atoms with Crippen molar-refractivity contribution >= 4 is 16.5 Å². The summed E-state index contributed by atoms with van der Waals surface area (Å²) in [5, 5.41) is 19.7. The molecule has 0 amide bonds. The van der Waals surface area contributed by atoms with E-state index in [-0.39, 0.29) is 5.88 Å². The van der Waals surface area contributed by atoms with Crippen LogP contribution in [0.3, 0.4) is 0 Å². The normalized spacial score (nSPS) is 20.3. The van der Waals surface area contributed by atoms with Gasteiger partial charge in [-0.1, -0.05) is 24.2 Å².